The van der Waals surface area contributed by atoms with Gasteiger partial charge in [-0.15, -0.1) is 0 Å². The van der Waals surface area contributed by atoms with Gasteiger partial charge in [-0.2, -0.15) is 0 Å². The molecule has 1 N–H and O–H groups in total. The lowest BCUT2D eigenvalue weighted by Gasteiger charge is -2.38. The Hall–Kier alpha value is -2.95. The first-order chi connectivity index (χ1) is 16.4. The zero-order chi connectivity index (χ0) is 24.1. The number of aryl methyl sites for hydroxylation is 2. The molecule has 4 heteroatoms. The fourth-order valence-electron chi connectivity index (χ4n) is 4.88. The van der Waals surface area contributed by atoms with Crippen LogP contribution in [0.4, 0.5) is 5.69 Å². The summed E-state index contributed by atoms with van der Waals surface area (Å²) in [5.41, 5.74) is 4.80. The lowest BCUT2D eigenvalue weighted by Crippen LogP contribution is -2.45. The van der Waals surface area contributed by atoms with Crippen LogP contribution in [-0.4, -0.2) is 49.0 Å². The quantitative estimate of drug-likeness (QED) is 0.514. The van der Waals surface area contributed by atoms with E-state index in [-0.39, 0.29) is 11.7 Å². The molecule has 1 saturated heterocycles. The Bertz CT molecular complexity index is 1090. The molecule has 4 nitrogen and oxygen atoms in total. The van der Waals surface area contributed by atoms with Crippen LogP contribution >= 0.6 is 0 Å². The number of carbonyl (C=O) groups excluding carboxylic acids is 1. The first kappa shape index (κ1) is 24.2. The molecule has 0 amide bonds. The average Bonchev–Trinajstić information content (AvgIpc) is 2.86. The highest BCUT2D eigenvalue weighted by atomic mass is 16.3. The van der Waals surface area contributed by atoms with Gasteiger partial charge >= 0.3 is 0 Å². The van der Waals surface area contributed by atoms with Crippen molar-refractivity contribution in [1.82, 2.24) is 4.90 Å². The second-order valence-corrected chi connectivity index (χ2v) is 9.75. The minimum atomic E-state index is -0.804. The number of aliphatic hydroxyl groups is 1. The average molecular weight is 457 g/mol. The zero-order valence-corrected chi connectivity index (χ0v) is 20.6. The maximum Gasteiger partial charge on any atom is 0.156 e. The van der Waals surface area contributed by atoms with Gasteiger partial charge in [0.25, 0.3) is 0 Å². The van der Waals surface area contributed by atoms with Gasteiger partial charge in [0, 0.05) is 32.4 Å². The summed E-state index contributed by atoms with van der Waals surface area (Å²) in [5, 5.41) is 11.2. The number of carbonyl (C=O) groups is 1. The second kappa shape index (κ2) is 10.5. The Morgan fingerprint density at radius 2 is 1.56 bits per heavy atom. The predicted molar refractivity (Wildman–Crippen MR) is 139 cm³/mol. The maximum absolute atomic E-state index is 13.7. The summed E-state index contributed by atoms with van der Waals surface area (Å²) in [6.07, 6.45) is 1.28. The Morgan fingerprint density at radius 1 is 0.941 bits per heavy atom. The number of benzene rings is 3. The molecule has 0 radical (unpaired) electrons. The largest absolute Gasteiger partial charge is 0.385 e. The van der Waals surface area contributed by atoms with Gasteiger partial charge in [-0.1, -0.05) is 66.7 Å². The number of Topliss-reactive ketones (excluding diaryl/α,β-unsaturated/α-hetero) is 1. The molecule has 1 aliphatic rings. The van der Waals surface area contributed by atoms with E-state index in [1.54, 1.807) is 0 Å². The van der Waals surface area contributed by atoms with Crippen LogP contribution in [0.5, 0.6) is 0 Å². The molecule has 178 valence electrons. The second-order valence-electron chi connectivity index (χ2n) is 9.75. The van der Waals surface area contributed by atoms with Crippen molar-refractivity contribution < 1.29 is 9.90 Å². The number of ketones is 1. The molecule has 1 aliphatic heterocycles. The van der Waals surface area contributed by atoms with Gasteiger partial charge in [-0.3, -0.25) is 9.69 Å². The number of hydrogen-bond acceptors (Lipinski definition) is 4. The normalized spacial score (nSPS) is 16.7. The van der Waals surface area contributed by atoms with Crippen molar-refractivity contribution in [2.75, 3.05) is 38.1 Å². The van der Waals surface area contributed by atoms with Crippen LogP contribution in [-0.2, 0) is 10.4 Å². The Kier molecular flexibility index (Phi) is 7.50. The lowest BCUT2D eigenvalue weighted by atomic mass is 9.84. The predicted octanol–water partition coefficient (Wildman–Crippen LogP) is 5.08. The van der Waals surface area contributed by atoms with E-state index in [4.69, 9.17) is 0 Å². The van der Waals surface area contributed by atoms with Crippen molar-refractivity contribution in [3.63, 3.8) is 0 Å². The Balaban J connectivity index is 1.47. The molecule has 34 heavy (non-hydrogen) atoms. The molecule has 1 heterocycles. The van der Waals surface area contributed by atoms with E-state index in [1.807, 2.05) is 48.5 Å². The molecule has 1 unspecified atom stereocenters. The molecule has 0 aromatic heterocycles. The number of likely N-dealkylation sites (tertiary alicyclic amines) is 1. The molecule has 3 aromatic rings. The third-order valence-electron chi connectivity index (χ3n) is 7.35. The minimum absolute atomic E-state index is 0.209. The van der Waals surface area contributed by atoms with Crippen LogP contribution in [0.1, 0.15) is 41.0 Å². The number of rotatable bonds is 8. The fourth-order valence-corrected chi connectivity index (χ4v) is 4.88. The molecule has 4 rings (SSSR count). The van der Waals surface area contributed by atoms with E-state index < -0.39 is 5.60 Å². The molecule has 3 aromatic carbocycles. The number of piperidine rings is 1. The third kappa shape index (κ3) is 5.57. The monoisotopic (exact) mass is 456 g/mol. The van der Waals surface area contributed by atoms with E-state index in [0.29, 0.717) is 39.0 Å². The number of hydrogen-bond donors (Lipinski definition) is 1. The van der Waals surface area contributed by atoms with Crippen LogP contribution in [0, 0.1) is 13.8 Å². The molecule has 0 spiro atoms. The standard InChI is InChI=1S/C30H36N2O2/c1-23-14-15-25(20-24(23)2)28(21-31(3)27-12-8-5-9-13-27)29(33)22-32-18-16-30(34,17-19-32)26-10-6-4-7-11-26/h4-15,20,28,34H,16-19,21-22H2,1-3H3. The van der Waals surface area contributed by atoms with Gasteiger partial charge in [-0.25, -0.2) is 0 Å². The van der Waals surface area contributed by atoms with Gasteiger partial charge in [0.2, 0.25) is 0 Å². The summed E-state index contributed by atoms with van der Waals surface area (Å²) >= 11 is 0. The molecule has 1 fully saturated rings. The van der Waals surface area contributed by atoms with Crippen molar-refractivity contribution in [3.05, 3.63) is 101 Å². The Labute approximate surface area is 203 Å². The van der Waals surface area contributed by atoms with Crippen molar-refractivity contribution in [2.24, 2.45) is 0 Å². The SMILES string of the molecule is Cc1ccc(C(CN(C)c2ccccc2)C(=O)CN2CCC(O)(c3ccccc3)CC2)cc1C. The third-order valence-corrected chi connectivity index (χ3v) is 7.35. The molecule has 0 saturated carbocycles. The highest BCUT2D eigenvalue weighted by Gasteiger charge is 2.35. The van der Waals surface area contributed by atoms with E-state index in [2.05, 4.69) is 61.0 Å². The summed E-state index contributed by atoms with van der Waals surface area (Å²) in [6.45, 7) is 6.68. The van der Waals surface area contributed by atoms with Crippen LogP contribution in [0.3, 0.4) is 0 Å². The van der Waals surface area contributed by atoms with Crippen LogP contribution < -0.4 is 4.90 Å². The van der Waals surface area contributed by atoms with E-state index in [1.165, 1.54) is 11.1 Å². The topological polar surface area (TPSA) is 43.8 Å². The zero-order valence-electron chi connectivity index (χ0n) is 20.6. The molecule has 0 aliphatic carbocycles. The van der Waals surface area contributed by atoms with Gasteiger partial charge in [0.1, 0.15) is 0 Å². The van der Waals surface area contributed by atoms with Gasteiger partial charge in [0.05, 0.1) is 18.1 Å². The van der Waals surface area contributed by atoms with Crippen LogP contribution in [0.25, 0.3) is 0 Å². The maximum atomic E-state index is 13.7. The van der Waals surface area contributed by atoms with E-state index >= 15 is 0 Å². The fraction of sp³-hybridized carbons (Fsp3) is 0.367. The number of anilines is 1. The lowest BCUT2D eigenvalue weighted by molar-refractivity contribution is -0.122. The van der Waals surface area contributed by atoms with Gasteiger partial charge in [0.15, 0.2) is 5.78 Å². The van der Waals surface area contributed by atoms with E-state index in [0.717, 1.165) is 16.8 Å². The first-order valence-corrected chi connectivity index (χ1v) is 12.2. The summed E-state index contributed by atoms with van der Waals surface area (Å²) in [5.74, 6) is 0.0237. The summed E-state index contributed by atoms with van der Waals surface area (Å²) < 4.78 is 0. The molecule has 1 atom stereocenters. The molecule has 0 bridgehead atoms. The highest BCUT2D eigenvalue weighted by Crippen LogP contribution is 2.33. The van der Waals surface area contributed by atoms with Gasteiger partial charge in [-0.05, 0) is 61.1 Å². The number of nitrogens with zero attached hydrogens (tertiary/aromatic N) is 2. The van der Waals surface area contributed by atoms with Crippen molar-refractivity contribution in [1.29, 1.82) is 0 Å². The van der Waals surface area contributed by atoms with Crippen molar-refractivity contribution in [3.8, 4) is 0 Å². The molecular formula is C30H36N2O2. The summed E-state index contributed by atoms with van der Waals surface area (Å²) in [4.78, 5) is 18.0. The minimum Gasteiger partial charge on any atom is -0.385 e. The van der Waals surface area contributed by atoms with Gasteiger partial charge < -0.3 is 10.0 Å². The highest BCUT2D eigenvalue weighted by molar-refractivity contribution is 5.88. The van der Waals surface area contributed by atoms with Crippen LogP contribution in [0.2, 0.25) is 0 Å². The van der Waals surface area contributed by atoms with Crippen LogP contribution in [0.15, 0.2) is 78.9 Å². The molecular weight excluding hydrogens is 420 g/mol. The number of para-hydroxylation sites is 1. The number of likely N-dealkylation sites (N-methyl/N-ethyl adjacent to an activating group) is 1. The van der Waals surface area contributed by atoms with E-state index in [9.17, 15) is 9.90 Å². The smallest absolute Gasteiger partial charge is 0.156 e. The Morgan fingerprint density at radius 3 is 2.18 bits per heavy atom. The summed E-state index contributed by atoms with van der Waals surface area (Å²) in [6, 6.07) is 26.5. The summed E-state index contributed by atoms with van der Waals surface area (Å²) in [7, 11) is 2.05. The first-order valence-electron chi connectivity index (χ1n) is 12.2. The van der Waals surface area contributed by atoms with Crippen molar-refractivity contribution >= 4 is 11.5 Å². The van der Waals surface area contributed by atoms with Crippen molar-refractivity contribution in [2.45, 2.75) is 38.2 Å².